The number of H-pyrrole nitrogens is 1. The molecule has 5 rings (SSSR count). The summed E-state index contributed by atoms with van der Waals surface area (Å²) in [5.74, 6) is 3.26. The highest BCUT2D eigenvalue weighted by Gasteiger charge is 2.42. The molecule has 3 aromatic carbocycles. The number of hydrogen-bond acceptors (Lipinski definition) is 7. The number of carbonyl (C=O) groups is 1. The zero-order chi connectivity index (χ0) is 29.6. The second-order valence-corrected chi connectivity index (χ2v) is 10.0. The highest BCUT2D eigenvalue weighted by molar-refractivity contribution is 6.00. The van der Waals surface area contributed by atoms with Gasteiger partial charge < -0.3 is 28.6 Å². The Hall–Kier alpha value is -4.66. The maximum absolute atomic E-state index is 13.9. The molecule has 0 spiro atoms. The zero-order valence-electron chi connectivity index (χ0n) is 24.7. The number of rotatable bonds is 13. The quantitative estimate of drug-likeness (QED) is 0.194. The van der Waals surface area contributed by atoms with Crippen LogP contribution in [0.2, 0.25) is 0 Å². The second-order valence-electron chi connectivity index (χ2n) is 10.0. The number of methoxy groups -OCH3 is 4. The van der Waals surface area contributed by atoms with Gasteiger partial charge in [0.2, 0.25) is 0 Å². The van der Waals surface area contributed by atoms with Crippen LogP contribution in [-0.4, -0.2) is 62.6 Å². The Bertz CT molecular complexity index is 1530. The number of fused-ring (bicyclic) bond motifs is 1. The maximum Gasteiger partial charge on any atom is 0.273 e. The number of unbranched alkanes of at least 4 members (excludes halogenated alkanes) is 1. The number of carbonyl (C=O) groups excluding carboxylic acids is 1. The van der Waals surface area contributed by atoms with Crippen molar-refractivity contribution in [2.24, 2.45) is 0 Å². The van der Waals surface area contributed by atoms with E-state index in [0.29, 0.717) is 48.3 Å². The summed E-state index contributed by atoms with van der Waals surface area (Å²) in [6, 6.07) is 19.0. The molecule has 42 heavy (non-hydrogen) atoms. The van der Waals surface area contributed by atoms with Crippen molar-refractivity contribution in [2.45, 2.75) is 32.2 Å². The van der Waals surface area contributed by atoms with Gasteiger partial charge in [0.05, 0.1) is 46.8 Å². The topological polar surface area (TPSA) is 95.1 Å². The summed E-state index contributed by atoms with van der Waals surface area (Å²) >= 11 is 0. The SMILES string of the molecule is CCCCOc1ccc(C2c3c(-c4ccc(OC)cc4)n[nH]c3C(=O)N2CCc2ccc(OC)c(OC)c2)cc1OC. The third-order valence-corrected chi connectivity index (χ3v) is 7.58. The van der Waals surface area contributed by atoms with Gasteiger partial charge in [0.1, 0.15) is 11.4 Å². The number of nitrogens with one attached hydrogen (secondary N) is 1. The van der Waals surface area contributed by atoms with E-state index in [-0.39, 0.29) is 11.9 Å². The van der Waals surface area contributed by atoms with Crippen molar-refractivity contribution in [2.75, 3.05) is 41.6 Å². The van der Waals surface area contributed by atoms with Crippen molar-refractivity contribution in [3.05, 3.63) is 83.0 Å². The lowest BCUT2D eigenvalue weighted by Gasteiger charge is -2.27. The van der Waals surface area contributed by atoms with Crippen LogP contribution in [0.25, 0.3) is 11.3 Å². The van der Waals surface area contributed by atoms with E-state index in [1.54, 1.807) is 28.4 Å². The van der Waals surface area contributed by atoms with E-state index in [2.05, 4.69) is 17.1 Å². The van der Waals surface area contributed by atoms with Gasteiger partial charge in [-0.15, -0.1) is 0 Å². The molecule has 1 aromatic heterocycles. The largest absolute Gasteiger partial charge is 0.497 e. The van der Waals surface area contributed by atoms with Gasteiger partial charge in [-0.3, -0.25) is 9.89 Å². The van der Waals surface area contributed by atoms with Gasteiger partial charge in [0.15, 0.2) is 23.0 Å². The first-order valence-corrected chi connectivity index (χ1v) is 14.1. The summed E-state index contributed by atoms with van der Waals surface area (Å²) in [6.07, 6.45) is 2.61. The van der Waals surface area contributed by atoms with Crippen molar-refractivity contribution in [3.8, 4) is 40.0 Å². The van der Waals surface area contributed by atoms with Crippen molar-refractivity contribution >= 4 is 5.91 Å². The van der Waals surface area contributed by atoms with Gasteiger partial charge in [0.25, 0.3) is 5.91 Å². The van der Waals surface area contributed by atoms with Crippen LogP contribution >= 0.6 is 0 Å². The lowest BCUT2D eigenvalue weighted by Crippen LogP contribution is -2.31. The van der Waals surface area contributed by atoms with E-state index in [4.69, 9.17) is 23.7 Å². The Morgan fingerprint density at radius 1 is 0.833 bits per heavy atom. The Morgan fingerprint density at radius 2 is 1.55 bits per heavy atom. The van der Waals surface area contributed by atoms with Crippen molar-refractivity contribution in [1.29, 1.82) is 0 Å². The van der Waals surface area contributed by atoms with E-state index >= 15 is 0 Å². The van der Waals surface area contributed by atoms with Crippen LogP contribution in [0.3, 0.4) is 0 Å². The van der Waals surface area contributed by atoms with Crippen molar-refractivity contribution < 1.29 is 28.5 Å². The summed E-state index contributed by atoms with van der Waals surface area (Å²) in [6.45, 7) is 3.21. The van der Waals surface area contributed by atoms with Crippen LogP contribution in [0.15, 0.2) is 60.7 Å². The number of amides is 1. The summed E-state index contributed by atoms with van der Waals surface area (Å²) < 4.78 is 28.0. The molecule has 0 fully saturated rings. The van der Waals surface area contributed by atoms with E-state index in [1.165, 1.54) is 0 Å². The third-order valence-electron chi connectivity index (χ3n) is 7.58. The summed E-state index contributed by atoms with van der Waals surface area (Å²) in [7, 11) is 6.49. The van der Waals surface area contributed by atoms with Crippen molar-refractivity contribution in [1.82, 2.24) is 15.1 Å². The number of ether oxygens (including phenoxy) is 5. The molecule has 1 unspecified atom stereocenters. The predicted octanol–water partition coefficient (Wildman–Crippen LogP) is 6.08. The second kappa shape index (κ2) is 12.9. The smallest absolute Gasteiger partial charge is 0.273 e. The molecule has 2 heterocycles. The lowest BCUT2D eigenvalue weighted by molar-refractivity contribution is 0.0745. The Kier molecular flexibility index (Phi) is 8.85. The molecule has 9 heteroatoms. The molecule has 220 valence electrons. The first kappa shape index (κ1) is 28.9. The molecule has 1 N–H and O–H groups in total. The Morgan fingerprint density at radius 3 is 2.24 bits per heavy atom. The zero-order valence-corrected chi connectivity index (χ0v) is 24.7. The standard InChI is InChI=1S/C33H37N3O6/c1-6-7-18-42-26-15-11-23(20-28(26)41-5)32-29-30(22-9-12-24(38-2)13-10-22)34-35-31(29)33(37)36(32)17-16-21-8-14-25(39-3)27(19-21)40-4/h8-15,19-20,32H,6-7,16-18H2,1-5H3,(H,34,35). The molecule has 1 aliphatic heterocycles. The van der Waals surface area contributed by atoms with Gasteiger partial charge in [-0.25, -0.2) is 0 Å². The number of benzene rings is 3. The molecule has 0 bridgehead atoms. The monoisotopic (exact) mass is 571 g/mol. The van der Waals surface area contributed by atoms with E-state index in [0.717, 1.165) is 46.5 Å². The molecule has 9 nitrogen and oxygen atoms in total. The molecular formula is C33H37N3O6. The lowest BCUT2D eigenvalue weighted by atomic mass is 9.95. The number of aromatic nitrogens is 2. The fourth-order valence-electron chi connectivity index (χ4n) is 5.33. The fourth-order valence-corrected chi connectivity index (χ4v) is 5.33. The highest BCUT2D eigenvalue weighted by atomic mass is 16.5. The van der Waals surface area contributed by atoms with Crippen LogP contribution in [0.5, 0.6) is 28.7 Å². The minimum Gasteiger partial charge on any atom is -0.497 e. The first-order chi connectivity index (χ1) is 20.5. The molecule has 4 aromatic rings. The minimum absolute atomic E-state index is 0.107. The summed E-state index contributed by atoms with van der Waals surface area (Å²) in [4.78, 5) is 15.8. The molecule has 1 atom stereocenters. The average molecular weight is 572 g/mol. The third kappa shape index (κ3) is 5.59. The normalized spacial score (nSPS) is 14.1. The number of hydrogen-bond donors (Lipinski definition) is 1. The fraction of sp³-hybridized carbons (Fsp3) is 0.333. The summed E-state index contributed by atoms with van der Waals surface area (Å²) in [5.41, 5.74) is 4.87. The van der Waals surface area contributed by atoms with Gasteiger partial charge >= 0.3 is 0 Å². The maximum atomic E-state index is 13.9. The molecule has 0 radical (unpaired) electrons. The highest BCUT2D eigenvalue weighted by Crippen LogP contribution is 2.45. The van der Waals surface area contributed by atoms with Gasteiger partial charge in [0, 0.05) is 17.7 Å². The molecular weight excluding hydrogens is 534 g/mol. The molecule has 0 aliphatic carbocycles. The van der Waals surface area contributed by atoms with E-state index < -0.39 is 0 Å². The molecule has 0 saturated heterocycles. The predicted molar refractivity (Wildman–Crippen MR) is 160 cm³/mol. The van der Waals surface area contributed by atoms with Gasteiger partial charge in [-0.05, 0) is 72.5 Å². The van der Waals surface area contributed by atoms with Crippen LogP contribution < -0.4 is 23.7 Å². The van der Waals surface area contributed by atoms with E-state index in [9.17, 15) is 4.79 Å². The number of nitrogens with zero attached hydrogens (tertiary/aromatic N) is 2. The van der Waals surface area contributed by atoms with Crippen molar-refractivity contribution in [3.63, 3.8) is 0 Å². The van der Waals surface area contributed by atoms with Gasteiger partial charge in [-0.2, -0.15) is 5.10 Å². The molecule has 1 amide bonds. The minimum atomic E-state index is -0.387. The van der Waals surface area contributed by atoms with Crippen LogP contribution in [0.4, 0.5) is 0 Å². The molecule has 1 aliphatic rings. The van der Waals surface area contributed by atoms with Crippen LogP contribution in [0.1, 0.15) is 53.0 Å². The van der Waals surface area contributed by atoms with Crippen LogP contribution in [-0.2, 0) is 6.42 Å². The Labute approximate surface area is 246 Å². The average Bonchev–Trinajstić information content (AvgIpc) is 3.58. The molecule has 0 saturated carbocycles. The van der Waals surface area contributed by atoms with E-state index in [1.807, 2.05) is 65.6 Å². The first-order valence-electron chi connectivity index (χ1n) is 14.1. The van der Waals surface area contributed by atoms with Crippen LogP contribution in [0, 0.1) is 0 Å². The Balaban J connectivity index is 1.53. The summed E-state index contributed by atoms with van der Waals surface area (Å²) in [5, 5.41) is 7.63. The number of aromatic amines is 1. The van der Waals surface area contributed by atoms with Gasteiger partial charge in [-0.1, -0.05) is 25.5 Å².